The molecule has 0 spiro atoms. The number of halogens is 2. The number of carbonyl (C=O) groups is 2. The minimum absolute atomic E-state index is 0.0744. The fourth-order valence-corrected chi connectivity index (χ4v) is 2.66. The zero-order valence-corrected chi connectivity index (χ0v) is 12.3. The van der Waals surface area contributed by atoms with Crippen molar-refractivity contribution in [2.24, 2.45) is 5.92 Å². The maximum absolute atomic E-state index is 12.2. The van der Waals surface area contributed by atoms with Gasteiger partial charge in [-0.3, -0.25) is 14.5 Å². The maximum Gasteiger partial charge on any atom is 0.307 e. The van der Waals surface area contributed by atoms with Crippen LogP contribution in [0.15, 0.2) is 18.2 Å². The van der Waals surface area contributed by atoms with Gasteiger partial charge in [0.15, 0.2) is 5.78 Å². The number of nitrogens with zero attached hydrogens (tertiary/aromatic N) is 1. The second kappa shape index (κ2) is 6.57. The minimum Gasteiger partial charge on any atom is -0.481 e. The van der Waals surface area contributed by atoms with E-state index in [1.165, 1.54) is 0 Å². The maximum atomic E-state index is 12.2. The summed E-state index contributed by atoms with van der Waals surface area (Å²) in [5.74, 6) is -1.25. The standard InChI is InChI=1S/C14H15Cl2NO3/c15-11-4-3-9(6-12(11)16)13(18)8-17-5-1-2-10(7-17)14(19)20/h3-4,6,10H,1-2,5,7-8H2,(H,19,20). The Morgan fingerprint density at radius 3 is 2.70 bits per heavy atom. The van der Waals surface area contributed by atoms with Crippen molar-refractivity contribution in [1.82, 2.24) is 4.90 Å². The summed E-state index contributed by atoms with van der Waals surface area (Å²) in [6.07, 6.45) is 1.47. The fourth-order valence-electron chi connectivity index (χ4n) is 2.36. The summed E-state index contributed by atoms with van der Waals surface area (Å²) in [5, 5.41) is 9.79. The Labute approximate surface area is 127 Å². The first-order valence-corrected chi connectivity index (χ1v) is 7.16. The van der Waals surface area contributed by atoms with Crippen LogP contribution in [0.4, 0.5) is 0 Å². The van der Waals surface area contributed by atoms with Crippen molar-refractivity contribution in [2.75, 3.05) is 19.6 Å². The van der Waals surface area contributed by atoms with E-state index in [0.717, 1.165) is 13.0 Å². The highest BCUT2D eigenvalue weighted by molar-refractivity contribution is 6.42. The Morgan fingerprint density at radius 1 is 1.30 bits per heavy atom. The van der Waals surface area contributed by atoms with Crippen LogP contribution >= 0.6 is 23.2 Å². The van der Waals surface area contributed by atoms with Gasteiger partial charge in [-0.15, -0.1) is 0 Å². The molecule has 0 bridgehead atoms. The molecule has 6 heteroatoms. The SMILES string of the molecule is O=C(CN1CCCC(C(=O)O)C1)c1ccc(Cl)c(Cl)c1. The third-order valence-electron chi connectivity index (χ3n) is 3.46. The summed E-state index contributed by atoms with van der Waals surface area (Å²) in [5.41, 5.74) is 0.497. The van der Waals surface area contributed by atoms with E-state index in [0.29, 0.717) is 28.6 Å². The molecule has 1 unspecified atom stereocenters. The summed E-state index contributed by atoms with van der Waals surface area (Å²) < 4.78 is 0. The summed E-state index contributed by atoms with van der Waals surface area (Å²) in [6, 6.07) is 4.77. The van der Waals surface area contributed by atoms with Gasteiger partial charge in [0, 0.05) is 12.1 Å². The van der Waals surface area contributed by atoms with E-state index in [1.54, 1.807) is 18.2 Å². The highest BCUT2D eigenvalue weighted by Crippen LogP contribution is 2.23. The molecule has 1 N–H and O–H groups in total. The number of benzene rings is 1. The Bertz CT molecular complexity index is 533. The van der Waals surface area contributed by atoms with Crippen molar-refractivity contribution in [3.05, 3.63) is 33.8 Å². The summed E-state index contributed by atoms with van der Waals surface area (Å²) >= 11 is 11.7. The highest BCUT2D eigenvalue weighted by atomic mass is 35.5. The van der Waals surface area contributed by atoms with Crippen molar-refractivity contribution in [3.8, 4) is 0 Å². The van der Waals surface area contributed by atoms with Gasteiger partial charge in [0.05, 0.1) is 22.5 Å². The average molecular weight is 316 g/mol. The first-order valence-electron chi connectivity index (χ1n) is 6.41. The van der Waals surface area contributed by atoms with Crippen molar-refractivity contribution in [2.45, 2.75) is 12.8 Å². The van der Waals surface area contributed by atoms with E-state index in [2.05, 4.69) is 0 Å². The monoisotopic (exact) mass is 315 g/mol. The van der Waals surface area contributed by atoms with E-state index in [4.69, 9.17) is 28.3 Å². The molecular formula is C14H15Cl2NO3. The largest absolute Gasteiger partial charge is 0.481 e. The van der Waals surface area contributed by atoms with Crippen LogP contribution in [0.25, 0.3) is 0 Å². The Kier molecular flexibility index (Phi) is 5.02. The number of ketones is 1. The Hall–Kier alpha value is -1.10. The number of hydrogen-bond donors (Lipinski definition) is 1. The lowest BCUT2D eigenvalue weighted by molar-refractivity contribution is -0.143. The van der Waals surface area contributed by atoms with Crippen LogP contribution in [0.2, 0.25) is 10.0 Å². The normalized spacial score (nSPS) is 19.8. The molecule has 0 amide bonds. The molecule has 0 aliphatic carbocycles. The van der Waals surface area contributed by atoms with Crippen LogP contribution < -0.4 is 0 Å². The summed E-state index contributed by atoms with van der Waals surface area (Å²) in [7, 11) is 0. The summed E-state index contributed by atoms with van der Waals surface area (Å²) in [4.78, 5) is 25.0. The van der Waals surface area contributed by atoms with Crippen LogP contribution in [0.3, 0.4) is 0 Å². The lowest BCUT2D eigenvalue weighted by atomic mass is 9.98. The molecule has 1 aromatic carbocycles. The molecule has 1 fully saturated rings. The minimum atomic E-state index is -0.795. The molecule has 1 saturated heterocycles. The van der Waals surface area contributed by atoms with E-state index < -0.39 is 5.97 Å². The zero-order valence-electron chi connectivity index (χ0n) is 10.8. The fraction of sp³-hybridized carbons (Fsp3) is 0.429. The molecule has 1 aliphatic rings. The molecule has 1 aliphatic heterocycles. The molecule has 0 radical (unpaired) electrons. The van der Waals surface area contributed by atoms with Gasteiger partial charge in [0.2, 0.25) is 0 Å². The van der Waals surface area contributed by atoms with E-state index >= 15 is 0 Å². The number of likely N-dealkylation sites (tertiary alicyclic amines) is 1. The smallest absolute Gasteiger partial charge is 0.307 e. The number of rotatable bonds is 4. The van der Waals surface area contributed by atoms with Crippen molar-refractivity contribution in [3.63, 3.8) is 0 Å². The van der Waals surface area contributed by atoms with Crippen LogP contribution in [0, 0.1) is 5.92 Å². The molecule has 1 aromatic rings. The first kappa shape index (κ1) is 15.3. The quantitative estimate of drug-likeness (QED) is 0.868. The molecule has 20 heavy (non-hydrogen) atoms. The molecule has 0 aromatic heterocycles. The molecular weight excluding hydrogens is 301 g/mol. The molecule has 1 heterocycles. The van der Waals surface area contributed by atoms with Crippen molar-refractivity contribution >= 4 is 35.0 Å². The topological polar surface area (TPSA) is 57.6 Å². The summed E-state index contributed by atoms with van der Waals surface area (Å²) in [6.45, 7) is 1.38. The van der Waals surface area contributed by atoms with Gasteiger partial charge in [-0.1, -0.05) is 23.2 Å². The molecule has 108 valence electrons. The van der Waals surface area contributed by atoms with Gasteiger partial charge in [0.1, 0.15) is 0 Å². The number of carboxylic acids is 1. The van der Waals surface area contributed by atoms with Crippen LogP contribution in [0.5, 0.6) is 0 Å². The van der Waals surface area contributed by atoms with Crippen molar-refractivity contribution < 1.29 is 14.7 Å². The zero-order chi connectivity index (χ0) is 14.7. The van der Waals surface area contributed by atoms with E-state index in [1.807, 2.05) is 4.90 Å². The number of carboxylic acid groups (broad SMARTS) is 1. The van der Waals surface area contributed by atoms with Crippen LogP contribution in [-0.4, -0.2) is 41.4 Å². The van der Waals surface area contributed by atoms with Gasteiger partial charge in [0.25, 0.3) is 0 Å². The van der Waals surface area contributed by atoms with Crippen molar-refractivity contribution in [1.29, 1.82) is 0 Å². The number of piperidine rings is 1. The molecule has 4 nitrogen and oxygen atoms in total. The molecule has 1 atom stereocenters. The van der Waals surface area contributed by atoms with Gasteiger partial charge in [-0.2, -0.15) is 0 Å². The molecule has 2 rings (SSSR count). The van der Waals surface area contributed by atoms with E-state index in [9.17, 15) is 9.59 Å². The lowest BCUT2D eigenvalue weighted by Crippen LogP contribution is -2.41. The van der Waals surface area contributed by atoms with Crippen LogP contribution in [0.1, 0.15) is 23.2 Å². The number of carbonyl (C=O) groups excluding carboxylic acids is 1. The highest BCUT2D eigenvalue weighted by Gasteiger charge is 2.26. The van der Waals surface area contributed by atoms with Crippen LogP contribution in [-0.2, 0) is 4.79 Å². The Morgan fingerprint density at radius 2 is 2.05 bits per heavy atom. The van der Waals surface area contributed by atoms with Gasteiger partial charge >= 0.3 is 5.97 Å². The Balaban J connectivity index is 2.00. The molecule has 0 saturated carbocycles. The third kappa shape index (κ3) is 3.72. The van der Waals surface area contributed by atoms with Gasteiger partial charge in [-0.05, 0) is 37.6 Å². The predicted molar refractivity (Wildman–Crippen MR) is 77.6 cm³/mol. The number of aliphatic carboxylic acids is 1. The average Bonchev–Trinajstić information content (AvgIpc) is 2.42. The third-order valence-corrected chi connectivity index (χ3v) is 4.20. The first-order chi connectivity index (χ1) is 9.47. The van der Waals surface area contributed by atoms with E-state index in [-0.39, 0.29) is 18.2 Å². The number of hydrogen-bond acceptors (Lipinski definition) is 3. The predicted octanol–water partition coefficient (Wildman–Crippen LogP) is 2.97. The second-order valence-corrected chi connectivity index (χ2v) is 5.78. The second-order valence-electron chi connectivity index (χ2n) is 4.96. The van der Waals surface area contributed by atoms with Gasteiger partial charge < -0.3 is 5.11 Å². The number of Topliss-reactive ketones (excluding diaryl/α,β-unsaturated/α-hetero) is 1. The lowest BCUT2D eigenvalue weighted by Gasteiger charge is -2.29. The van der Waals surface area contributed by atoms with Gasteiger partial charge in [-0.25, -0.2) is 0 Å².